The third-order valence-corrected chi connectivity index (χ3v) is 5.18. The van der Waals surface area contributed by atoms with Crippen molar-refractivity contribution < 1.29 is 14.6 Å². The predicted octanol–water partition coefficient (Wildman–Crippen LogP) is 3.47. The number of hydrogen-bond acceptors (Lipinski definition) is 7. The molecule has 0 amide bonds. The number of fused-ring (bicyclic) bond motifs is 1. The second-order valence-corrected chi connectivity index (χ2v) is 6.60. The molecule has 6 nitrogen and oxygen atoms in total. The molecule has 0 atom stereocenters. The van der Waals surface area contributed by atoms with Gasteiger partial charge in [-0.25, -0.2) is 4.79 Å². The van der Waals surface area contributed by atoms with Crippen molar-refractivity contribution in [1.29, 1.82) is 0 Å². The number of benzene rings is 2. The summed E-state index contributed by atoms with van der Waals surface area (Å²) in [5.74, 6) is -0.553. The van der Waals surface area contributed by atoms with Gasteiger partial charge in [-0.15, -0.1) is 10.2 Å². The summed E-state index contributed by atoms with van der Waals surface area (Å²) in [5.41, 5.74) is 7.95. The van der Waals surface area contributed by atoms with Crippen LogP contribution in [0.15, 0.2) is 40.1 Å². The molecule has 3 rings (SSSR count). The third-order valence-electron chi connectivity index (χ3n) is 4.07. The molecule has 7 heteroatoms. The molecule has 1 heterocycles. The number of aromatic hydroxyl groups is 1. The number of phenolic OH excluding ortho intramolecular Hbond substituents is 1. The normalized spacial score (nSPS) is 10.8. The quantitative estimate of drug-likeness (QED) is 0.694. The lowest BCUT2D eigenvalue weighted by Crippen LogP contribution is -2.11. The molecule has 0 fully saturated rings. The minimum absolute atomic E-state index is 0.0306. The zero-order chi connectivity index (χ0) is 18.1. The fourth-order valence-electron chi connectivity index (χ4n) is 2.59. The molecule has 1 aromatic heterocycles. The van der Waals surface area contributed by atoms with Gasteiger partial charge in [0, 0.05) is 10.3 Å². The molecule has 0 aliphatic heterocycles. The van der Waals surface area contributed by atoms with Gasteiger partial charge in [-0.2, -0.15) is 0 Å². The summed E-state index contributed by atoms with van der Waals surface area (Å²) in [6.07, 6.45) is 0. The molecule has 0 saturated heterocycles. The van der Waals surface area contributed by atoms with Crippen LogP contribution in [0.3, 0.4) is 0 Å². The smallest absolute Gasteiger partial charge is 0.342 e. The average Bonchev–Trinajstić information content (AvgIpc) is 2.63. The fourth-order valence-corrected chi connectivity index (χ4v) is 3.67. The van der Waals surface area contributed by atoms with Gasteiger partial charge in [0.15, 0.2) is 5.82 Å². The molecule has 25 heavy (non-hydrogen) atoms. The fraction of sp³-hybridized carbons (Fsp3) is 0.167. The van der Waals surface area contributed by atoms with Crippen LogP contribution in [0.2, 0.25) is 0 Å². The van der Waals surface area contributed by atoms with Crippen molar-refractivity contribution in [2.75, 3.05) is 12.8 Å². The number of ether oxygens (including phenoxy) is 1. The molecular weight excluding hydrogens is 338 g/mol. The number of carbonyl (C=O) groups excluding carboxylic acids is 1. The van der Waals surface area contributed by atoms with Gasteiger partial charge in [-0.3, -0.25) is 0 Å². The Morgan fingerprint density at radius 1 is 1.16 bits per heavy atom. The lowest BCUT2D eigenvalue weighted by atomic mass is 10.0. The van der Waals surface area contributed by atoms with Crippen LogP contribution in [-0.4, -0.2) is 28.4 Å². The maximum absolute atomic E-state index is 12.3. The first-order valence-corrected chi connectivity index (χ1v) is 8.36. The van der Waals surface area contributed by atoms with Crippen molar-refractivity contribution in [3.63, 3.8) is 0 Å². The first-order valence-electron chi connectivity index (χ1n) is 7.54. The van der Waals surface area contributed by atoms with Crippen LogP contribution in [0.4, 0.5) is 5.82 Å². The summed E-state index contributed by atoms with van der Waals surface area (Å²) in [4.78, 5) is 13.7. The largest absolute Gasteiger partial charge is 0.506 e. The number of esters is 1. The zero-order valence-corrected chi connectivity index (χ0v) is 14.8. The Morgan fingerprint density at radius 2 is 1.84 bits per heavy atom. The SMILES string of the molecule is COC(=O)c1c(N)nnc2c(C)c(C)c(O)c(Sc3ccccc3)c12. The summed E-state index contributed by atoms with van der Waals surface area (Å²) in [6, 6.07) is 9.55. The number of phenols is 1. The predicted molar refractivity (Wildman–Crippen MR) is 97.0 cm³/mol. The first kappa shape index (κ1) is 17.0. The molecule has 0 aliphatic carbocycles. The number of hydrogen-bond donors (Lipinski definition) is 2. The van der Waals surface area contributed by atoms with Crippen LogP contribution in [-0.2, 0) is 4.74 Å². The van der Waals surface area contributed by atoms with Gasteiger partial charge in [0.2, 0.25) is 0 Å². The van der Waals surface area contributed by atoms with Crippen LogP contribution < -0.4 is 5.73 Å². The Morgan fingerprint density at radius 3 is 2.48 bits per heavy atom. The molecule has 128 valence electrons. The molecule has 3 N–H and O–H groups in total. The molecule has 0 radical (unpaired) electrons. The minimum Gasteiger partial charge on any atom is -0.506 e. The highest BCUT2D eigenvalue weighted by molar-refractivity contribution is 7.99. The van der Waals surface area contributed by atoms with E-state index in [0.29, 0.717) is 21.4 Å². The monoisotopic (exact) mass is 355 g/mol. The van der Waals surface area contributed by atoms with E-state index in [9.17, 15) is 9.90 Å². The van der Waals surface area contributed by atoms with E-state index >= 15 is 0 Å². The van der Waals surface area contributed by atoms with Crippen LogP contribution in [0.25, 0.3) is 10.9 Å². The highest BCUT2D eigenvalue weighted by atomic mass is 32.2. The molecule has 0 aliphatic rings. The summed E-state index contributed by atoms with van der Waals surface area (Å²) >= 11 is 1.34. The van der Waals surface area contributed by atoms with E-state index in [4.69, 9.17) is 10.5 Å². The van der Waals surface area contributed by atoms with Gasteiger partial charge in [-0.05, 0) is 37.1 Å². The van der Waals surface area contributed by atoms with Gasteiger partial charge >= 0.3 is 5.97 Å². The van der Waals surface area contributed by atoms with Gasteiger partial charge in [0.1, 0.15) is 11.3 Å². The molecule has 2 aromatic carbocycles. The van der Waals surface area contributed by atoms with Crippen LogP contribution in [0.1, 0.15) is 21.5 Å². The molecule has 0 saturated carbocycles. The molecule has 0 unspecified atom stereocenters. The van der Waals surface area contributed by atoms with Crippen LogP contribution in [0, 0.1) is 13.8 Å². The lowest BCUT2D eigenvalue weighted by molar-refractivity contribution is 0.0603. The van der Waals surface area contributed by atoms with Crippen molar-refractivity contribution in [3.8, 4) is 5.75 Å². The number of rotatable bonds is 3. The number of aryl methyl sites for hydroxylation is 1. The molecular formula is C18H17N3O3S. The number of carbonyl (C=O) groups is 1. The number of aromatic nitrogens is 2. The molecule has 3 aromatic rings. The Labute approximate surface area is 149 Å². The Bertz CT molecular complexity index is 975. The van der Waals surface area contributed by atoms with E-state index in [-0.39, 0.29) is 17.1 Å². The van der Waals surface area contributed by atoms with Gasteiger partial charge in [0.25, 0.3) is 0 Å². The van der Waals surface area contributed by atoms with E-state index in [0.717, 1.165) is 10.5 Å². The Kier molecular flexibility index (Phi) is 4.50. The zero-order valence-electron chi connectivity index (χ0n) is 14.0. The number of nitrogen functional groups attached to an aromatic ring is 1. The Hall–Kier alpha value is -2.80. The van der Waals surface area contributed by atoms with Crippen molar-refractivity contribution in [2.45, 2.75) is 23.6 Å². The number of anilines is 1. The maximum Gasteiger partial charge on any atom is 0.342 e. The van der Waals surface area contributed by atoms with E-state index in [1.807, 2.05) is 37.3 Å². The van der Waals surface area contributed by atoms with Gasteiger partial charge in [0.05, 0.1) is 17.5 Å². The summed E-state index contributed by atoms with van der Waals surface area (Å²) in [6.45, 7) is 3.62. The highest BCUT2D eigenvalue weighted by Gasteiger charge is 2.25. The third kappa shape index (κ3) is 2.87. The first-order chi connectivity index (χ1) is 12.0. The minimum atomic E-state index is -0.616. The van der Waals surface area contributed by atoms with Gasteiger partial charge in [-0.1, -0.05) is 30.0 Å². The van der Waals surface area contributed by atoms with Crippen LogP contribution >= 0.6 is 11.8 Å². The molecule has 0 bridgehead atoms. The summed E-state index contributed by atoms with van der Waals surface area (Å²) in [5, 5.41) is 19.2. The van der Waals surface area contributed by atoms with E-state index < -0.39 is 5.97 Å². The second-order valence-electron chi connectivity index (χ2n) is 5.52. The second kappa shape index (κ2) is 6.60. The topological polar surface area (TPSA) is 98.3 Å². The lowest BCUT2D eigenvalue weighted by Gasteiger charge is -2.16. The van der Waals surface area contributed by atoms with E-state index in [1.54, 1.807) is 6.92 Å². The van der Waals surface area contributed by atoms with Crippen molar-refractivity contribution in [3.05, 3.63) is 47.0 Å². The van der Waals surface area contributed by atoms with Crippen molar-refractivity contribution in [1.82, 2.24) is 10.2 Å². The summed E-state index contributed by atoms with van der Waals surface area (Å²) < 4.78 is 4.86. The number of methoxy groups -OCH3 is 1. The van der Waals surface area contributed by atoms with E-state index in [2.05, 4.69) is 10.2 Å². The van der Waals surface area contributed by atoms with E-state index in [1.165, 1.54) is 18.9 Å². The Balaban J connectivity index is 2.41. The van der Waals surface area contributed by atoms with Crippen LogP contribution in [0.5, 0.6) is 5.75 Å². The van der Waals surface area contributed by atoms with Crippen molar-refractivity contribution >= 4 is 34.5 Å². The molecule has 0 spiro atoms. The van der Waals surface area contributed by atoms with Gasteiger partial charge < -0.3 is 15.6 Å². The number of nitrogens with zero attached hydrogens (tertiary/aromatic N) is 2. The average molecular weight is 355 g/mol. The standard InChI is InChI=1S/C18H17N3O3S/c1-9-10(2)15(22)16(25-11-7-5-4-6-8-11)12-13(18(23)24-3)17(19)21-20-14(9)12/h4-8,22H,1-3H3,(H2,19,21). The summed E-state index contributed by atoms with van der Waals surface area (Å²) in [7, 11) is 1.28. The maximum atomic E-state index is 12.3. The van der Waals surface area contributed by atoms with Crippen molar-refractivity contribution in [2.24, 2.45) is 0 Å². The highest BCUT2D eigenvalue weighted by Crippen LogP contribution is 2.45. The number of nitrogens with two attached hydrogens (primary N) is 1.